The fraction of sp³-hybridized carbons (Fsp3) is 0.333. The van der Waals surface area contributed by atoms with Crippen molar-refractivity contribution < 1.29 is 14.3 Å². The zero-order valence-electron chi connectivity index (χ0n) is 18.9. The van der Waals surface area contributed by atoms with Crippen LogP contribution in [0.5, 0.6) is 0 Å². The molecule has 0 aliphatic carbocycles. The van der Waals surface area contributed by atoms with E-state index in [2.05, 4.69) is 40.5 Å². The highest BCUT2D eigenvalue weighted by Crippen LogP contribution is 2.30. The van der Waals surface area contributed by atoms with Crippen LogP contribution in [0.2, 0.25) is 0 Å². The van der Waals surface area contributed by atoms with Gasteiger partial charge in [0.25, 0.3) is 0 Å². The van der Waals surface area contributed by atoms with E-state index in [-0.39, 0.29) is 12.2 Å². The van der Waals surface area contributed by atoms with Gasteiger partial charge in [0, 0.05) is 43.3 Å². The molecule has 9 heteroatoms. The number of hydrogen-bond donors (Lipinski definition) is 0. The highest BCUT2D eigenvalue weighted by molar-refractivity contribution is 5.70. The van der Waals surface area contributed by atoms with Crippen LogP contribution in [0.3, 0.4) is 0 Å². The molecule has 0 bridgehead atoms. The Bertz CT molecular complexity index is 1300. The van der Waals surface area contributed by atoms with Gasteiger partial charge in [-0.05, 0) is 49.2 Å². The summed E-state index contributed by atoms with van der Waals surface area (Å²) >= 11 is 0. The van der Waals surface area contributed by atoms with Gasteiger partial charge in [-0.3, -0.25) is 0 Å². The number of carbonyl (C=O) groups excluding carboxylic acids is 1. The zero-order valence-corrected chi connectivity index (χ0v) is 18.9. The van der Waals surface area contributed by atoms with E-state index >= 15 is 0 Å². The van der Waals surface area contributed by atoms with Gasteiger partial charge in [0.1, 0.15) is 5.65 Å². The van der Waals surface area contributed by atoms with E-state index in [1.54, 1.807) is 15.8 Å². The minimum absolute atomic E-state index is 0.158. The van der Waals surface area contributed by atoms with Crippen molar-refractivity contribution in [3.63, 3.8) is 0 Å². The molecule has 0 aromatic carbocycles. The van der Waals surface area contributed by atoms with Gasteiger partial charge in [-0.2, -0.15) is 5.10 Å². The van der Waals surface area contributed by atoms with Crippen LogP contribution in [-0.2, 0) is 15.9 Å². The van der Waals surface area contributed by atoms with E-state index in [0.717, 1.165) is 39.5 Å². The normalized spacial score (nSPS) is 16.3. The Balaban J connectivity index is 1.54. The largest absolute Gasteiger partial charge is 0.453 e. The van der Waals surface area contributed by atoms with Gasteiger partial charge in [-0.1, -0.05) is 0 Å². The number of pyridine rings is 2. The van der Waals surface area contributed by atoms with Crippen LogP contribution < -0.4 is 0 Å². The minimum atomic E-state index is -0.327. The summed E-state index contributed by atoms with van der Waals surface area (Å²) in [5, 5.41) is 4.27. The average molecular weight is 447 g/mol. The van der Waals surface area contributed by atoms with E-state index in [4.69, 9.17) is 14.5 Å². The first-order valence-electron chi connectivity index (χ1n) is 10.9. The summed E-state index contributed by atoms with van der Waals surface area (Å²) in [6.45, 7) is 5.59. The second kappa shape index (κ2) is 8.67. The lowest BCUT2D eigenvalue weighted by atomic mass is 10.0. The molecule has 5 rings (SSSR count). The molecular weight excluding hydrogens is 420 g/mol. The summed E-state index contributed by atoms with van der Waals surface area (Å²) in [4.78, 5) is 23.3. The molecule has 170 valence electrons. The number of rotatable bonds is 4. The number of hydrogen-bond acceptors (Lipinski definition) is 6. The molecule has 0 spiro atoms. The van der Waals surface area contributed by atoms with Crippen molar-refractivity contribution in [1.29, 1.82) is 0 Å². The summed E-state index contributed by atoms with van der Waals surface area (Å²) in [6, 6.07) is 8.01. The third kappa shape index (κ3) is 4.07. The van der Waals surface area contributed by atoms with Gasteiger partial charge in [0.15, 0.2) is 5.82 Å². The zero-order chi connectivity index (χ0) is 22.9. The topological polar surface area (TPSA) is 86.8 Å². The number of amides is 1. The number of aromatic nitrogens is 5. The Morgan fingerprint density at radius 1 is 1.27 bits per heavy atom. The second-order valence-corrected chi connectivity index (χ2v) is 8.26. The summed E-state index contributed by atoms with van der Waals surface area (Å²) in [5.41, 5.74) is 5.92. The van der Waals surface area contributed by atoms with E-state index in [9.17, 15) is 4.79 Å². The Kier molecular flexibility index (Phi) is 5.55. The van der Waals surface area contributed by atoms with E-state index in [1.165, 1.54) is 7.11 Å². The molecule has 1 aliphatic heterocycles. The molecule has 1 fully saturated rings. The van der Waals surface area contributed by atoms with E-state index < -0.39 is 0 Å². The SMILES string of the molecule is COC(=O)N1CCOC(Cc2c(-c3cnc(-n4cccn4)cc3C)nc3cc(C)ccn23)C1. The molecule has 33 heavy (non-hydrogen) atoms. The van der Waals surface area contributed by atoms with Crippen molar-refractivity contribution in [2.24, 2.45) is 0 Å². The molecule has 1 aliphatic rings. The van der Waals surface area contributed by atoms with Crippen molar-refractivity contribution in [3.05, 3.63) is 65.9 Å². The van der Waals surface area contributed by atoms with Gasteiger partial charge in [0.05, 0.1) is 37.8 Å². The fourth-order valence-electron chi connectivity index (χ4n) is 4.28. The molecule has 1 atom stereocenters. The average Bonchev–Trinajstić information content (AvgIpc) is 3.47. The van der Waals surface area contributed by atoms with Gasteiger partial charge in [0.2, 0.25) is 0 Å². The van der Waals surface area contributed by atoms with Crippen LogP contribution in [0.25, 0.3) is 22.7 Å². The molecule has 4 aromatic heterocycles. The lowest BCUT2D eigenvalue weighted by molar-refractivity contribution is -0.0241. The van der Waals surface area contributed by atoms with Crippen molar-refractivity contribution in [1.82, 2.24) is 29.0 Å². The molecule has 4 aromatic rings. The van der Waals surface area contributed by atoms with Crippen LogP contribution in [0.4, 0.5) is 4.79 Å². The third-order valence-corrected chi connectivity index (χ3v) is 5.96. The van der Waals surface area contributed by atoms with Gasteiger partial charge in [-0.25, -0.2) is 19.4 Å². The Morgan fingerprint density at radius 2 is 2.15 bits per heavy atom. The number of fused-ring (bicyclic) bond motifs is 1. The smallest absolute Gasteiger partial charge is 0.409 e. The maximum atomic E-state index is 12.0. The maximum absolute atomic E-state index is 12.0. The second-order valence-electron chi connectivity index (χ2n) is 8.26. The summed E-state index contributed by atoms with van der Waals surface area (Å²) in [7, 11) is 1.40. The van der Waals surface area contributed by atoms with Crippen molar-refractivity contribution in [2.45, 2.75) is 26.4 Å². The standard InChI is InChI=1S/C24H26N6O3/c1-16-5-8-29-20(13-18-15-28(9-10-33-18)24(31)32-3)23(27-22(29)11-16)19-14-25-21(12-17(19)2)30-7-4-6-26-30/h4-8,11-12,14,18H,9-10,13,15H2,1-3H3. The van der Waals surface area contributed by atoms with Crippen LogP contribution in [0.1, 0.15) is 16.8 Å². The maximum Gasteiger partial charge on any atom is 0.409 e. The van der Waals surface area contributed by atoms with Crippen LogP contribution in [-0.4, -0.2) is 68.1 Å². The Morgan fingerprint density at radius 3 is 2.91 bits per heavy atom. The van der Waals surface area contributed by atoms with E-state index in [1.807, 2.05) is 30.7 Å². The number of imidazole rings is 1. The summed E-state index contributed by atoms with van der Waals surface area (Å²) in [6.07, 6.45) is 7.61. The van der Waals surface area contributed by atoms with Crippen molar-refractivity contribution >= 4 is 11.7 Å². The predicted molar refractivity (Wildman–Crippen MR) is 122 cm³/mol. The molecule has 9 nitrogen and oxygen atoms in total. The van der Waals surface area contributed by atoms with Crippen molar-refractivity contribution in [2.75, 3.05) is 26.8 Å². The molecule has 0 N–H and O–H groups in total. The molecule has 1 amide bonds. The van der Waals surface area contributed by atoms with Crippen LogP contribution in [0, 0.1) is 13.8 Å². The molecule has 5 heterocycles. The molecular formula is C24H26N6O3. The first-order chi connectivity index (χ1) is 16.0. The monoisotopic (exact) mass is 446 g/mol. The summed E-state index contributed by atoms with van der Waals surface area (Å²) in [5.74, 6) is 0.756. The highest BCUT2D eigenvalue weighted by Gasteiger charge is 2.28. The third-order valence-electron chi connectivity index (χ3n) is 5.96. The predicted octanol–water partition coefficient (Wildman–Crippen LogP) is 3.21. The minimum Gasteiger partial charge on any atom is -0.453 e. The highest BCUT2D eigenvalue weighted by atomic mass is 16.5. The number of methoxy groups -OCH3 is 1. The molecule has 0 radical (unpaired) electrons. The Hall–Kier alpha value is -3.72. The number of carbonyl (C=O) groups is 1. The fourth-order valence-corrected chi connectivity index (χ4v) is 4.28. The van der Waals surface area contributed by atoms with Gasteiger partial charge >= 0.3 is 6.09 Å². The first kappa shape index (κ1) is 21.1. The van der Waals surface area contributed by atoms with E-state index in [0.29, 0.717) is 26.1 Å². The molecule has 1 saturated heterocycles. The first-order valence-corrected chi connectivity index (χ1v) is 10.9. The number of nitrogens with zero attached hydrogens (tertiary/aromatic N) is 6. The van der Waals surface area contributed by atoms with Crippen LogP contribution >= 0.6 is 0 Å². The molecule has 1 unspecified atom stereocenters. The van der Waals surface area contributed by atoms with Gasteiger partial charge in [-0.15, -0.1) is 0 Å². The number of aryl methyl sites for hydroxylation is 2. The number of morpholine rings is 1. The Labute approximate surface area is 191 Å². The quantitative estimate of drug-likeness (QED) is 0.479. The number of ether oxygens (including phenoxy) is 2. The van der Waals surface area contributed by atoms with Crippen LogP contribution in [0.15, 0.2) is 49.1 Å². The molecule has 0 saturated carbocycles. The summed E-state index contributed by atoms with van der Waals surface area (Å²) < 4.78 is 14.8. The van der Waals surface area contributed by atoms with Gasteiger partial charge < -0.3 is 18.8 Å². The lowest BCUT2D eigenvalue weighted by Gasteiger charge is -2.32. The van der Waals surface area contributed by atoms with Crippen molar-refractivity contribution in [3.8, 4) is 17.1 Å². The lowest BCUT2D eigenvalue weighted by Crippen LogP contribution is -2.46.